The van der Waals surface area contributed by atoms with Crippen molar-refractivity contribution in [1.82, 2.24) is 0 Å². The van der Waals surface area contributed by atoms with Crippen molar-refractivity contribution >= 4 is 0 Å². The van der Waals surface area contributed by atoms with Crippen molar-refractivity contribution in [3.05, 3.63) is 12.3 Å². The summed E-state index contributed by atoms with van der Waals surface area (Å²) in [5.74, 6) is 0. The van der Waals surface area contributed by atoms with Crippen molar-refractivity contribution in [3.8, 4) is 0 Å². The highest BCUT2D eigenvalue weighted by molar-refractivity contribution is 4.87. The van der Waals surface area contributed by atoms with Gasteiger partial charge in [0.25, 0.3) is 0 Å². The summed E-state index contributed by atoms with van der Waals surface area (Å²) in [7, 11) is 0. The molecule has 1 heterocycles. The molecule has 0 unspecified atom stereocenters. The van der Waals surface area contributed by atoms with Crippen LogP contribution in [0, 0.1) is 0 Å². The van der Waals surface area contributed by atoms with Gasteiger partial charge in [0.2, 0.25) is 0 Å². The lowest BCUT2D eigenvalue weighted by Crippen LogP contribution is -2.54. The highest BCUT2D eigenvalue weighted by Gasteiger charge is 2.37. The summed E-state index contributed by atoms with van der Waals surface area (Å²) in [5, 5.41) is 28.8. The Bertz CT molecular complexity index is 387. The molecular weight excluding hydrogens is 368 g/mol. The molecule has 0 aromatic rings. The maximum Gasteiger partial charge on any atom is 0.120 e. The van der Waals surface area contributed by atoms with E-state index in [0.29, 0.717) is 0 Å². The number of allylic oxidation sites excluding steroid dienone is 1. The van der Waals surface area contributed by atoms with Gasteiger partial charge in [-0.3, -0.25) is 0 Å². The fourth-order valence-electron chi connectivity index (χ4n) is 3.76. The van der Waals surface area contributed by atoms with E-state index in [9.17, 15) is 15.3 Å². The molecule has 4 atom stereocenters. The second-order valence-electron chi connectivity index (χ2n) is 8.51. The second kappa shape index (κ2) is 18.2. The molecule has 5 nitrogen and oxygen atoms in total. The molecule has 0 aromatic carbocycles. The molecule has 3 N–H and O–H groups in total. The van der Waals surface area contributed by atoms with E-state index >= 15 is 0 Å². The summed E-state index contributed by atoms with van der Waals surface area (Å²) in [6, 6.07) is 0. The van der Waals surface area contributed by atoms with Crippen LogP contribution >= 0.6 is 0 Å². The molecule has 1 saturated heterocycles. The summed E-state index contributed by atoms with van der Waals surface area (Å²) < 4.78 is 10.7. The van der Waals surface area contributed by atoms with Crippen molar-refractivity contribution in [2.75, 3.05) is 13.2 Å². The van der Waals surface area contributed by atoms with Gasteiger partial charge in [0.15, 0.2) is 0 Å². The third kappa shape index (κ3) is 13.3. The highest BCUT2D eigenvalue weighted by Crippen LogP contribution is 2.16. The Labute approximate surface area is 178 Å². The number of ether oxygens (including phenoxy) is 2. The van der Waals surface area contributed by atoms with Crippen LogP contribution in [0.1, 0.15) is 103 Å². The van der Waals surface area contributed by atoms with E-state index in [-0.39, 0.29) is 13.2 Å². The number of aliphatic hydroxyl groups excluding tert-OH is 3. The smallest absolute Gasteiger partial charge is 0.120 e. The number of rotatable bonds is 18. The van der Waals surface area contributed by atoms with Gasteiger partial charge >= 0.3 is 0 Å². The van der Waals surface area contributed by atoms with Gasteiger partial charge in [-0.25, -0.2) is 0 Å². The van der Waals surface area contributed by atoms with Crippen LogP contribution in [0.25, 0.3) is 0 Å². The van der Waals surface area contributed by atoms with Gasteiger partial charge in [-0.15, -0.1) is 0 Å². The normalized spacial score (nSPS) is 25.0. The zero-order valence-electron chi connectivity index (χ0n) is 18.6. The van der Waals surface area contributed by atoms with Gasteiger partial charge in [-0.2, -0.15) is 0 Å². The third-order valence-corrected chi connectivity index (χ3v) is 5.78. The minimum Gasteiger partial charge on any atom is -0.499 e. The van der Waals surface area contributed by atoms with Crippen LogP contribution < -0.4 is 0 Å². The zero-order valence-corrected chi connectivity index (χ0v) is 18.6. The first-order chi connectivity index (χ1) is 14.2. The van der Waals surface area contributed by atoms with Gasteiger partial charge in [0.05, 0.1) is 12.9 Å². The molecule has 0 spiro atoms. The second-order valence-corrected chi connectivity index (χ2v) is 8.51. The van der Waals surface area contributed by atoms with E-state index in [1.54, 1.807) is 6.26 Å². The monoisotopic (exact) mass is 414 g/mol. The number of hydrogen-bond donors (Lipinski definition) is 3. The van der Waals surface area contributed by atoms with Crippen LogP contribution in [0.15, 0.2) is 12.3 Å². The summed E-state index contributed by atoms with van der Waals surface area (Å²) in [6.07, 6.45) is 19.9. The topological polar surface area (TPSA) is 79.2 Å². The molecular formula is C24H46O5. The standard InChI is InChI=1S/C24H46O5/c1-2-3-4-5-6-7-8-9-10-11-12-13-14-15-16-17-18-28-20-22-24(27)23(26)21(25)19-29-22/h17-18,21-27H,2-16,19-20H2,1H3/b18-17+/t21-,22+,23+,24+/m1/s1. The minimum atomic E-state index is -1.17. The number of unbranched alkanes of at least 4 members (excludes halogenated alkanes) is 14. The first-order valence-corrected chi connectivity index (χ1v) is 12.1. The largest absolute Gasteiger partial charge is 0.499 e. The van der Waals surface area contributed by atoms with Gasteiger partial charge in [-0.05, 0) is 18.9 Å². The molecule has 29 heavy (non-hydrogen) atoms. The predicted octanol–water partition coefficient (Wildman–Crippen LogP) is 4.87. The molecule has 0 bridgehead atoms. The Morgan fingerprint density at radius 3 is 1.83 bits per heavy atom. The van der Waals surface area contributed by atoms with E-state index < -0.39 is 24.4 Å². The predicted molar refractivity (Wildman–Crippen MR) is 118 cm³/mol. The van der Waals surface area contributed by atoms with E-state index in [1.807, 2.05) is 6.08 Å². The first-order valence-electron chi connectivity index (χ1n) is 12.1. The Kier molecular flexibility index (Phi) is 16.6. The van der Waals surface area contributed by atoms with Crippen LogP contribution in [-0.4, -0.2) is 52.9 Å². The van der Waals surface area contributed by atoms with Gasteiger partial charge in [-0.1, -0.05) is 90.4 Å². The van der Waals surface area contributed by atoms with E-state index in [4.69, 9.17) is 9.47 Å². The Balaban J connectivity index is 1.81. The van der Waals surface area contributed by atoms with Crippen LogP contribution in [0.4, 0.5) is 0 Å². The molecule has 1 rings (SSSR count). The van der Waals surface area contributed by atoms with Crippen LogP contribution in [0.3, 0.4) is 0 Å². The average molecular weight is 415 g/mol. The van der Waals surface area contributed by atoms with Crippen LogP contribution in [0.2, 0.25) is 0 Å². The number of hydrogen-bond acceptors (Lipinski definition) is 5. The average Bonchev–Trinajstić information content (AvgIpc) is 2.72. The lowest BCUT2D eigenvalue weighted by atomic mass is 10.0. The maximum absolute atomic E-state index is 9.81. The van der Waals surface area contributed by atoms with Crippen molar-refractivity contribution in [2.24, 2.45) is 0 Å². The lowest BCUT2D eigenvalue weighted by Gasteiger charge is -2.34. The molecule has 0 aliphatic carbocycles. The Hall–Kier alpha value is -0.620. The van der Waals surface area contributed by atoms with E-state index in [0.717, 1.165) is 6.42 Å². The summed E-state index contributed by atoms with van der Waals surface area (Å²) in [5.41, 5.74) is 0. The van der Waals surface area contributed by atoms with Crippen molar-refractivity contribution in [3.63, 3.8) is 0 Å². The molecule has 0 radical (unpaired) electrons. The lowest BCUT2D eigenvalue weighted by molar-refractivity contribution is -0.195. The zero-order chi connectivity index (χ0) is 21.2. The fourth-order valence-corrected chi connectivity index (χ4v) is 3.76. The SMILES string of the molecule is CCCCCCCCCCCCCCCC/C=C/OC[C@@H]1OC[C@@H](O)[C@H](O)[C@H]1O. The van der Waals surface area contributed by atoms with Gasteiger partial charge in [0.1, 0.15) is 31.0 Å². The van der Waals surface area contributed by atoms with Crippen LogP contribution in [-0.2, 0) is 9.47 Å². The molecule has 5 heteroatoms. The fraction of sp³-hybridized carbons (Fsp3) is 0.917. The molecule has 0 aromatic heterocycles. The maximum atomic E-state index is 9.81. The molecule has 172 valence electrons. The highest BCUT2D eigenvalue weighted by atomic mass is 16.6. The van der Waals surface area contributed by atoms with Crippen molar-refractivity contribution in [1.29, 1.82) is 0 Å². The Morgan fingerprint density at radius 1 is 0.759 bits per heavy atom. The summed E-state index contributed by atoms with van der Waals surface area (Å²) in [6.45, 7) is 2.48. The Morgan fingerprint density at radius 2 is 1.28 bits per heavy atom. The molecule has 1 fully saturated rings. The van der Waals surface area contributed by atoms with Crippen molar-refractivity contribution in [2.45, 2.75) is 128 Å². The molecule has 1 aliphatic rings. The van der Waals surface area contributed by atoms with Gasteiger partial charge < -0.3 is 24.8 Å². The van der Waals surface area contributed by atoms with E-state index in [1.165, 1.54) is 89.9 Å². The molecule has 0 saturated carbocycles. The summed E-state index contributed by atoms with van der Waals surface area (Å²) >= 11 is 0. The van der Waals surface area contributed by atoms with E-state index in [2.05, 4.69) is 6.92 Å². The quantitative estimate of drug-likeness (QED) is 0.220. The molecule has 0 amide bonds. The third-order valence-electron chi connectivity index (χ3n) is 5.78. The van der Waals surface area contributed by atoms with Crippen molar-refractivity contribution < 1.29 is 24.8 Å². The first kappa shape index (κ1) is 26.4. The summed E-state index contributed by atoms with van der Waals surface area (Å²) in [4.78, 5) is 0. The molecule has 1 aliphatic heterocycles. The van der Waals surface area contributed by atoms with Gasteiger partial charge in [0, 0.05) is 0 Å². The minimum absolute atomic E-state index is 0.0228. The van der Waals surface area contributed by atoms with Crippen LogP contribution in [0.5, 0.6) is 0 Å². The number of aliphatic hydroxyl groups is 3.